The van der Waals surface area contributed by atoms with E-state index in [2.05, 4.69) is 20.4 Å². The number of rotatable bonds is 6. The molecule has 1 atom stereocenters. The van der Waals surface area contributed by atoms with E-state index in [1.165, 1.54) is 12.1 Å². The van der Waals surface area contributed by atoms with Crippen LogP contribution < -0.4 is 15.5 Å². The van der Waals surface area contributed by atoms with Crippen molar-refractivity contribution < 1.29 is 14.3 Å². The molecule has 3 N–H and O–H groups in total. The van der Waals surface area contributed by atoms with E-state index in [-0.39, 0.29) is 18.4 Å². The average Bonchev–Trinajstić information content (AvgIpc) is 2.68. The molecule has 1 fully saturated rings. The number of hydrogen-bond donors (Lipinski definition) is 3. The van der Waals surface area contributed by atoms with E-state index in [9.17, 15) is 14.3 Å². The van der Waals surface area contributed by atoms with E-state index >= 15 is 0 Å². The summed E-state index contributed by atoms with van der Waals surface area (Å²) >= 11 is 0. The Balaban J connectivity index is 1.36. The maximum Gasteiger partial charge on any atom is 0.319 e. The van der Waals surface area contributed by atoms with Crippen LogP contribution >= 0.6 is 0 Å². The molecular formula is C20H25FN4O2. The van der Waals surface area contributed by atoms with Gasteiger partial charge in [0.2, 0.25) is 0 Å². The molecule has 2 aromatic rings. The number of piperazine rings is 1. The van der Waals surface area contributed by atoms with Crippen molar-refractivity contribution in [3.63, 3.8) is 0 Å². The van der Waals surface area contributed by atoms with E-state index in [4.69, 9.17) is 0 Å². The Hall–Kier alpha value is -2.64. The first-order valence-corrected chi connectivity index (χ1v) is 9.11. The molecule has 0 radical (unpaired) electrons. The molecule has 2 amide bonds. The number of halogens is 1. The molecule has 27 heavy (non-hydrogen) atoms. The van der Waals surface area contributed by atoms with E-state index < -0.39 is 6.10 Å². The highest BCUT2D eigenvalue weighted by atomic mass is 19.1. The Bertz CT molecular complexity index is 719. The lowest BCUT2D eigenvalue weighted by Crippen LogP contribution is -2.50. The number of carbonyl (C=O) groups is 1. The average molecular weight is 372 g/mol. The number of para-hydroxylation sites is 1. The van der Waals surface area contributed by atoms with E-state index in [1.54, 1.807) is 24.3 Å². The molecule has 0 bridgehead atoms. The lowest BCUT2D eigenvalue weighted by atomic mass is 10.2. The highest BCUT2D eigenvalue weighted by molar-refractivity contribution is 5.89. The van der Waals surface area contributed by atoms with Crippen LogP contribution in [0.15, 0.2) is 54.6 Å². The van der Waals surface area contributed by atoms with Crippen LogP contribution in [0.5, 0.6) is 0 Å². The van der Waals surface area contributed by atoms with E-state index in [0.29, 0.717) is 12.2 Å². The first-order chi connectivity index (χ1) is 13.1. The van der Waals surface area contributed by atoms with Crippen LogP contribution in [0.1, 0.15) is 0 Å². The van der Waals surface area contributed by atoms with Gasteiger partial charge in [0.15, 0.2) is 0 Å². The van der Waals surface area contributed by atoms with Gasteiger partial charge >= 0.3 is 6.03 Å². The summed E-state index contributed by atoms with van der Waals surface area (Å²) in [4.78, 5) is 16.2. The van der Waals surface area contributed by atoms with Gasteiger partial charge in [0.1, 0.15) is 5.82 Å². The van der Waals surface area contributed by atoms with Crippen molar-refractivity contribution in [3.8, 4) is 0 Å². The number of anilines is 2. The molecule has 1 saturated heterocycles. The number of nitrogens with one attached hydrogen (secondary N) is 2. The topological polar surface area (TPSA) is 67.8 Å². The highest BCUT2D eigenvalue weighted by Crippen LogP contribution is 2.17. The van der Waals surface area contributed by atoms with Crippen LogP contribution in [0.4, 0.5) is 20.6 Å². The standard InChI is InChI=1S/C20H25FN4O2/c21-16-6-8-18(9-7-16)25-12-10-24(11-13-25)15-19(26)14-22-20(27)23-17-4-2-1-3-5-17/h1-9,19,26H,10-15H2,(H2,22,23,27). The van der Waals surface area contributed by atoms with Crippen molar-refractivity contribution in [1.29, 1.82) is 0 Å². The summed E-state index contributed by atoms with van der Waals surface area (Å²) in [6.07, 6.45) is -0.635. The summed E-state index contributed by atoms with van der Waals surface area (Å²) in [7, 11) is 0. The second-order valence-corrected chi connectivity index (χ2v) is 6.62. The third-order valence-electron chi connectivity index (χ3n) is 4.56. The first kappa shape index (κ1) is 19.1. The summed E-state index contributed by atoms with van der Waals surface area (Å²) in [5.41, 5.74) is 1.72. The Labute approximate surface area is 158 Å². The quantitative estimate of drug-likeness (QED) is 0.727. The molecule has 0 aliphatic carbocycles. The Morgan fingerprint density at radius 1 is 1.04 bits per heavy atom. The van der Waals surface area contributed by atoms with Crippen LogP contribution in [0.25, 0.3) is 0 Å². The van der Waals surface area contributed by atoms with Gasteiger partial charge in [-0.05, 0) is 36.4 Å². The molecule has 0 saturated carbocycles. The van der Waals surface area contributed by atoms with Crippen LogP contribution in [-0.2, 0) is 0 Å². The third kappa shape index (κ3) is 5.94. The minimum Gasteiger partial charge on any atom is -0.390 e. The zero-order valence-electron chi connectivity index (χ0n) is 15.1. The summed E-state index contributed by atoms with van der Waals surface area (Å²) < 4.78 is 13.0. The number of amides is 2. The predicted molar refractivity (Wildman–Crippen MR) is 105 cm³/mol. The largest absolute Gasteiger partial charge is 0.390 e. The second kappa shape index (κ2) is 9.34. The van der Waals surface area contributed by atoms with Gasteiger partial charge in [-0.3, -0.25) is 4.90 Å². The van der Waals surface area contributed by atoms with Crippen molar-refractivity contribution in [2.75, 3.05) is 49.5 Å². The number of aliphatic hydroxyl groups excluding tert-OH is 1. The second-order valence-electron chi connectivity index (χ2n) is 6.62. The van der Waals surface area contributed by atoms with Gasteiger partial charge in [0.25, 0.3) is 0 Å². The van der Waals surface area contributed by atoms with Crippen LogP contribution in [-0.4, -0.2) is 61.4 Å². The van der Waals surface area contributed by atoms with Crippen molar-refractivity contribution in [1.82, 2.24) is 10.2 Å². The number of carbonyl (C=O) groups excluding carboxylic acids is 1. The SMILES string of the molecule is O=C(NCC(O)CN1CCN(c2ccc(F)cc2)CC1)Nc1ccccc1. The van der Waals surface area contributed by atoms with Gasteiger partial charge in [-0.1, -0.05) is 18.2 Å². The number of benzene rings is 2. The van der Waals surface area contributed by atoms with Gasteiger partial charge in [-0.25, -0.2) is 9.18 Å². The molecule has 1 aliphatic heterocycles. The van der Waals surface area contributed by atoms with Gasteiger partial charge in [0, 0.05) is 50.6 Å². The molecule has 1 unspecified atom stereocenters. The summed E-state index contributed by atoms with van der Waals surface area (Å²) in [6.45, 7) is 3.95. The van der Waals surface area contributed by atoms with Crippen molar-refractivity contribution >= 4 is 17.4 Å². The van der Waals surface area contributed by atoms with Crippen LogP contribution in [0.2, 0.25) is 0 Å². The molecule has 1 heterocycles. The zero-order chi connectivity index (χ0) is 19.1. The molecule has 0 spiro atoms. The maximum absolute atomic E-state index is 13.0. The lowest BCUT2D eigenvalue weighted by Gasteiger charge is -2.36. The fraction of sp³-hybridized carbons (Fsp3) is 0.350. The lowest BCUT2D eigenvalue weighted by molar-refractivity contribution is 0.109. The molecular weight excluding hydrogens is 347 g/mol. The smallest absolute Gasteiger partial charge is 0.319 e. The normalized spacial score (nSPS) is 16.0. The molecule has 0 aromatic heterocycles. The van der Waals surface area contributed by atoms with Crippen molar-refractivity contribution in [3.05, 3.63) is 60.4 Å². The van der Waals surface area contributed by atoms with Gasteiger partial charge in [-0.15, -0.1) is 0 Å². The first-order valence-electron chi connectivity index (χ1n) is 9.11. The number of urea groups is 1. The van der Waals surface area contributed by atoms with Gasteiger partial charge < -0.3 is 20.6 Å². The minimum absolute atomic E-state index is 0.191. The number of β-amino-alcohol motifs (C(OH)–C–C–N with tert-alkyl or cyclic N) is 1. The number of hydrogen-bond acceptors (Lipinski definition) is 4. The molecule has 3 rings (SSSR count). The van der Waals surface area contributed by atoms with Crippen molar-refractivity contribution in [2.24, 2.45) is 0 Å². The van der Waals surface area contributed by atoms with E-state index in [1.807, 2.05) is 18.2 Å². The minimum atomic E-state index is -0.635. The van der Waals surface area contributed by atoms with E-state index in [0.717, 1.165) is 31.9 Å². The van der Waals surface area contributed by atoms with Gasteiger partial charge in [0.05, 0.1) is 6.10 Å². The Morgan fingerprint density at radius 3 is 2.37 bits per heavy atom. The molecule has 144 valence electrons. The number of aliphatic hydroxyl groups is 1. The fourth-order valence-corrected chi connectivity index (χ4v) is 3.11. The molecule has 1 aliphatic rings. The Kier molecular flexibility index (Phi) is 6.62. The maximum atomic E-state index is 13.0. The summed E-state index contributed by atoms with van der Waals surface area (Å²) in [5, 5.41) is 15.6. The van der Waals surface area contributed by atoms with Gasteiger partial charge in [-0.2, -0.15) is 0 Å². The number of nitrogens with zero attached hydrogens (tertiary/aromatic N) is 2. The predicted octanol–water partition coefficient (Wildman–Crippen LogP) is 2.13. The molecule has 6 nitrogen and oxygen atoms in total. The van der Waals surface area contributed by atoms with Crippen LogP contribution in [0, 0.1) is 5.82 Å². The summed E-state index contributed by atoms with van der Waals surface area (Å²) in [6, 6.07) is 15.3. The monoisotopic (exact) mass is 372 g/mol. The Morgan fingerprint density at radius 2 is 1.70 bits per heavy atom. The highest BCUT2D eigenvalue weighted by Gasteiger charge is 2.19. The van der Waals surface area contributed by atoms with Crippen molar-refractivity contribution in [2.45, 2.75) is 6.10 Å². The molecule has 2 aromatic carbocycles. The summed E-state index contributed by atoms with van der Waals surface area (Å²) in [5.74, 6) is -0.232. The third-order valence-corrected chi connectivity index (χ3v) is 4.56. The molecule has 7 heteroatoms. The van der Waals surface area contributed by atoms with Crippen LogP contribution in [0.3, 0.4) is 0 Å². The fourth-order valence-electron chi connectivity index (χ4n) is 3.11. The zero-order valence-corrected chi connectivity index (χ0v) is 15.1.